The van der Waals surface area contributed by atoms with E-state index in [2.05, 4.69) is 20.2 Å². The first kappa shape index (κ1) is 7.66. The van der Waals surface area contributed by atoms with Crippen molar-refractivity contribution in [2.24, 2.45) is 0 Å². The zero-order valence-corrected chi connectivity index (χ0v) is 6.81. The van der Waals surface area contributed by atoms with Crippen molar-refractivity contribution in [3.63, 3.8) is 0 Å². The van der Waals surface area contributed by atoms with Gasteiger partial charge >= 0.3 is 0 Å². The normalized spacial score (nSPS) is 10.2. The summed E-state index contributed by atoms with van der Waals surface area (Å²) in [7, 11) is 1.45. The van der Waals surface area contributed by atoms with Gasteiger partial charge in [-0.2, -0.15) is 0 Å². The van der Waals surface area contributed by atoms with Gasteiger partial charge < -0.3 is 4.74 Å². The molecular formula is C7H6N4O2. The Hall–Kier alpha value is -1.98. The summed E-state index contributed by atoms with van der Waals surface area (Å²) < 4.78 is 4.90. The molecule has 0 aliphatic rings. The Morgan fingerprint density at radius 2 is 2.00 bits per heavy atom. The molecule has 6 heteroatoms. The van der Waals surface area contributed by atoms with E-state index in [0.717, 1.165) is 0 Å². The summed E-state index contributed by atoms with van der Waals surface area (Å²) in [6, 6.07) is 0. The first-order valence-corrected chi connectivity index (χ1v) is 3.56. The van der Waals surface area contributed by atoms with Gasteiger partial charge in [-0.25, -0.2) is 15.1 Å². The number of nitrogens with zero attached hydrogens (tertiary/aromatic N) is 3. The van der Waals surface area contributed by atoms with E-state index < -0.39 is 0 Å². The molecule has 0 aliphatic carbocycles. The molecule has 0 radical (unpaired) electrons. The molecule has 0 spiro atoms. The van der Waals surface area contributed by atoms with E-state index in [1.54, 1.807) is 0 Å². The Balaban J connectivity index is 2.93. The van der Waals surface area contributed by atoms with Crippen LogP contribution in [0.15, 0.2) is 17.2 Å². The van der Waals surface area contributed by atoms with Gasteiger partial charge in [0.05, 0.1) is 7.11 Å². The van der Waals surface area contributed by atoms with E-state index in [1.807, 2.05) is 0 Å². The highest BCUT2D eigenvalue weighted by Gasteiger charge is 2.07. The van der Waals surface area contributed by atoms with Crippen molar-refractivity contribution in [2.75, 3.05) is 7.11 Å². The van der Waals surface area contributed by atoms with Crippen LogP contribution in [-0.4, -0.2) is 27.3 Å². The third kappa shape index (κ3) is 1.12. The molecule has 0 atom stereocenters. The average molecular weight is 178 g/mol. The van der Waals surface area contributed by atoms with Crippen molar-refractivity contribution in [1.29, 1.82) is 0 Å². The van der Waals surface area contributed by atoms with Crippen LogP contribution < -0.4 is 10.3 Å². The molecule has 1 N–H and O–H groups in total. The van der Waals surface area contributed by atoms with Crippen molar-refractivity contribution >= 4 is 11.0 Å². The summed E-state index contributed by atoms with van der Waals surface area (Å²) in [4.78, 5) is 19.0. The molecular weight excluding hydrogens is 172 g/mol. The number of rotatable bonds is 1. The first-order chi connectivity index (χ1) is 6.33. The summed E-state index contributed by atoms with van der Waals surface area (Å²) in [5, 5.41) is 5.92. The molecule has 6 nitrogen and oxygen atoms in total. The number of H-pyrrole nitrogens is 1. The van der Waals surface area contributed by atoms with Crippen LogP contribution in [0.25, 0.3) is 11.0 Å². The Kier molecular flexibility index (Phi) is 1.66. The fourth-order valence-corrected chi connectivity index (χ4v) is 1.01. The highest BCUT2D eigenvalue weighted by Crippen LogP contribution is 2.12. The van der Waals surface area contributed by atoms with Crippen LogP contribution in [0.5, 0.6) is 5.88 Å². The number of ether oxygens (including phenoxy) is 1. The molecule has 0 bridgehead atoms. The zero-order valence-electron chi connectivity index (χ0n) is 6.81. The Bertz CT molecular complexity index is 493. The smallest absolute Gasteiger partial charge is 0.292 e. The van der Waals surface area contributed by atoms with Crippen LogP contribution in [-0.2, 0) is 0 Å². The van der Waals surface area contributed by atoms with Crippen molar-refractivity contribution in [1.82, 2.24) is 20.2 Å². The summed E-state index contributed by atoms with van der Waals surface area (Å²) in [6.45, 7) is 0. The second-order valence-electron chi connectivity index (χ2n) is 2.32. The summed E-state index contributed by atoms with van der Waals surface area (Å²) in [5.41, 5.74) is 0.229. The quantitative estimate of drug-likeness (QED) is 0.649. The number of aromatic nitrogens is 4. The molecule has 66 valence electrons. The lowest BCUT2D eigenvalue weighted by Crippen LogP contribution is -2.11. The lowest BCUT2D eigenvalue weighted by atomic mass is 10.4. The monoisotopic (exact) mass is 178 g/mol. The second kappa shape index (κ2) is 2.81. The zero-order chi connectivity index (χ0) is 9.26. The minimum atomic E-state index is -0.371. The lowest BCUT2D eigenvalue weighted by molar-refractivity contribution is 0.396. The summed E-state index contributed by atoms with van der Waals surface area (Å²) in [5.74, 6) is 0.266. The van der Waals surface area contributed by atoms with E-state index in [0.29, 0.717) is 5.52 Å². The van der Waals surface area contributed by atoms with Crippen molar-refractivity contribution < 1.29 is 4.74 Å². The van der Waals surface area contributed by atoms with E-state index in [9.17, 15) is 4.79 Å². The molecule has 13 heavy (non-hydrogen) atoms. The molecule has 0 aliphatic heterocycles. The molecule has 2 heterocycles. The standard InChI is InChI=1S/C7H6N4O2/c1-13-7-5-4(6(12)10-11-7)8-2-3-9-5/h2-3H,1H3,(H,10,12). The van der Waals surface area contributed by atoms with Gasteiger partial charge in [-0.1, -0.05) is 0 Å². The number of aromatic amines is 1. The van der Waals surface area contributed by atoms with Crippen LogP contribution in [0, 0.1) is 0 Å². The number of hydrogen-bond acceptors (Lipinski definition) is 5. The maximum atomic E-state index is 11.2. The maximum Gasteiger partial charge on any atom is 0.292 e. The van der Waals surface area contributed by atoms with Crippen LogP contribution in [0.1, 0.15) is 0 Å². The van der Waals surface area contributed by atoms with Gasteiger partial charge in [0.1, 0.15) is 0 Å². The lowest BCUT2D eigenvalue weighted by Gasteiger charge is -1.99. The predicted octanol–water partition coefficient (Wildman–Crippen LogP) is -0.278. The van der Waals surface area contributed by atoms with E-state index in [-0.39, 0.29) is 17.0 Å². The van der Waals surface area contributed by atoms with Crippen molar-refractivity contribution in [3.05, 3.63) is 22.7 Å². The second-order valence-corrected chi connectivity index (χ2v) is 2.32. The Labute approximate surface area is 72.6 Å². The molecule has 0 fully saturated rings. The van der Waals surface area contributed by atoms with Crippen LogP contribution in [0.3, 0.4) is 0 Å². The van der Waals surface area contributed by atoms with Gasteiger partial charge in [0.15, 0.2) is 11.0 Å². The number of fused-ring (bicyclic) bond motifs is 1. The molecule has 0 saturated heterocycles. The topological polar surface area (TPSA) is 80.8 Å². The fraction of sp³-hybridized carbons (Fsp3) is 0.143. The third-order valence-electron chi connectivity index (χ3n) is 1.57. The van der Waals surface area contributed by atoms with E-state index in [4.69, 9.17) is 4.74 Å². The molecule has 2 aromatic heterocycles. The maximum absolute atomic E-state index is 11.2. The number of methoxy groups -OCH3 is 1. The highest BCUT2D eigenvalue weighted by molar-refractivity contribution is 5.77. The number of nitrogens with one attached hydrogen (secondary N) is 1. The van der Waals surface area contributed by atoms with Gasteiger partial charge in [0.2, 0.25) is 0 Å². The van der Waals surface area contributed by atoms with Gasteiger partial charge in [0.25, 0.3) is 11.4 Å². The van der Waals surface area contributed by atoms with Gasteiger partial charge in [-0.15, -0.1) is 5.10 Å². The van der Waals surface area contributed by atoms with Crippen molar-refractivity contribution in [2.45, 2.75) is 0 Å². The molecule has 0 amide bonds. The van der Waals surface area contributed by atoms with Crippen LogP contribution in [0.4, 0.5) is 0 Å². The Morgan fingerprint density at radius 3 is 2.69 bits per heavy atom. The molecule has 0 aromatic carbocycles. The molecule has 2 aromatic rings. The van der Waals surface area contributed by atoms with Crippen molar-refractivity contribution in [3.8, 4) is 5.88 Å². The minimum absolute atomic E-state index is 0.231. The van der Waals surface area contributed by atoms with Gasteiger partial charge in [-0.05, 0) is 0 Å². The summed E-state index contributed by atoms with van der Waals surface area (Å²) >= 11 is 0. The SMILES string of the molecule is COc1n[nH]c(=O)c2nccnc12. The van der Waals surface area contributed by atoms with Crippen LogP contribution in [0.2, 0.25) is 0 Å². The molecule has 0 saturated carbocycles. The number of hydrogen-bond donors (Lipinski definition) is 1. The van der Waals surface area contributed by atoms with Gasteiger partial charge in [0, 0.05) is 12.4 Å². The van der Waals surface area contributed by atoms with Gasteiger partial charge in [-0.3, -0.25) is 4.79 Å². The highest BCUT2D eigenvalue weighted by atomic mass is 16.5. The minimum Gasteiger partial charge on any atom is -0.478 e. The Morgan fingerprint density at radius 1 is 1.31 bits per heavy atom. The third-order valence-corrected chi connectivity index (χ3v) is 1.57. The van der Waals surface area contributed by atoms with E-state index in [1.165, 1.54) is 19.5 Å². The molecule has 0 unspecified atom stereocenters. The van der Waals surface area contributed by atoms with E-state index >= 15 is 0 Å². The van der Waals surface area contributed by atoms with Crippen LogP contribution >= 0.6 is 0 Å². The predicted molar refractivity (Wildman–Crippen MR) is 44.5 cm³/mol. The molecule has 2 rings (SSSR count). The largest absolute Gasteiger partial charge is 0.478 e. The fourth-order valence-electron chi connectivity index (χ4n) is 1.01. The summed E-state index contributed by atoms with van der Waals surface area (Å²) in [6.07, 6.45) is 2.92. The first-order valence-electron chi connectivity index (χ1n) is 3.56. The average Bonchev–Trinajstić information content (AvgIpc) is 2.19.